The summed E-state index contributed by atoms with van der Waals surface area (Å²) in [5.74, 6) is -0.461. The van der Waals surface area contributed by atoms with Gasteiger partial charge >= 0.3 is 0 Å². The molecule has 1 heterocycles. The Labute approximate surface area is 112 Å². The highest BCUT2D eigenvalue weighted by atomic mass is 16.3. The molecule has 0 aliphatic rings. The minimum absolute atomic E-state index is 0.123. The molecule has 1 aromatic heterocycles. The zero-order valence-electron chi connectivity index (χ0n) is 11.2. The lowest BCUT2D eigenvalue weighted by Gasteiger charge is -2.13. The van der Waals surface area contributed by atoms with Gasteiger partial charge < -0.3 is 10.4 Å². The maximum atomic E-state index is 12.1. The molecule has 19 heavy (non-hydrogen) atoms. The van der Waals surface area contributed by atoms with Gasteiger partial charge in [-0.25, -0.2) is 0 Å². The van der Waals surface area contributed by atoms with Crippen LogP contribution in [-0.2, 0) is 0 Å². The molecule has 0 unspecified atom stereocenters. The van der Waals surface area contributed by atoms with Gasteiger partial charge in [-0.15, -0.1) is 0 Å². The van der Waals surface area contributed by atoms with Crippen molar-refractivity contribution in [1.82, 2.24) is 4.98 Å². The van der Waals surface area contributed by atoms with Crippen LogP contribution in [0.3, 0.4) is 0 Å². The fraction of sp³-hybridized carbons (Fsp3) is 0.200. The molecule has 2 rings (SSSR count). The second-order valence-corrected chi connectivity index (χ2v) is 4.62. The van der Waals surface area contributed by atoms with Crippen LogP contribution in [0.25, 0.3) is 0 Å². The van der Waals surface area contributed by atoms with Gasteiger partial charge in [0.25, 0.3) is 5.91 Å². The molecule has 0 bridgehead atoms. The van der Waals surface area contributed by atoms with Crippen LogP contribution in [-0.4, -0.2) is 16.0 Å². The number of benzene rings is 1. The zero-order valence-corrected chi connectivity index (χ0v) is 11.2. The first-order valence-electron chi connectivity index (χ1n) is 6.01. The van der Waals surface area contributed by atoms with Crippen molar-refractivity contribution in [2.24, 2.45) is 0 Å². The van der Waals surface area contributed by atoms with Crippen molar-refractivity contribution in [2.45, 2.75) is 20.8 Å². The second kappa shape index (κ2) is 5.10. The van der Waals surface area contributed by atoms with Crippen LogP contribution in [0.2, 0.25) is 0 Å². The molecule has 0 aliphatic heterocycles. The van der Waals surface area contributed by atoms with Crippen molar-refractivity contribution >= 4 is 11.6 Å². The van der Waals surface area contributed by atoms with E-state index in [9.17, 15) is 9.90 Å². The Morgan fingerprint density at radius 1 is 1.21 bits per heavy atom. The van der Waals surface area contributed by atoms with Gasteiger partial charge in [-0.05, 0) is 38.0 Å². The molecule has 4 nitrogen and oxygen atoms in total. The van der Waals surface area contributed by atoms with Crippen LogP contribution in [0, 0.1) is 20.8 Å². The van der Waals surface area contributed by atoms with Crippen LogP contribution in [0.15, 0.2) is 30.6 Å². The van der Waals surface area contributed by atoms with E-state index in [2.05, 4.69) is 10.3 Å². The molecule has 98 valence electrons. The quantitative estimate of drug-likeness (QED) is 0.868. The van der Waals surface area contributed by atoms with E-state index in [0.717, 1.165) is 22.4 Å². The van der Waals surface area contributed by atoms with E-state index in [0.29, 0.717) is 0 Å². The van der Waals surface area contributed by atoms with Crippen LogP contribution < -0.4 is 5.32 Å². The maximum absolute atomic E-state index is 12.1. The average Bonchev–Trinajstić information content (AvgIpc) is 2.34. The Bertz CT molecular complexity index is 613. The van der Waals surface area contributed by atoms with E-state index in [-0.39, 0.29) is 17.2 Å². The highest BCUT2D eigenvalue weighted by Gasteiger charge is 2.13. The number of rotatable bonds is 2. The van der Waals surface area contributed by atoms with Crippen LogP contribution >= 0.6 is 0 Å². The third kappa shape index (κ3) is 2.73. The summed E-state index contributed by atoms with van der Waals surface area (Å²) in [5.41, 5.74) is 4.15. The summed E-state index contributed by atoms with van der Waals surface area (Å²) >= 11 is 0. The van der Waals surface area contributed by atoms with Crippen molar-refractivity contribution in [1.29, 1.82) is 0 Å². The second-order valence-electron chi connectivity index (χ2n) is 4.62. The highest BCUT2D eigenvalue weighted by Crippen LogP contribution is 2.24. The van der Waals surface area contributed by atoms with Gasteiger partial charge in [-0.2, -0.15) is 0 Å². The molecular formula is C15H16N2O2. The molecule has 4 heteroatoms. The molecular weight excluding hydrogens is 240 g/mol. The topological polar surface area (TPSA) is 62.2 Å². The van der Waals surface area contributed by atoms with Crippen molar-refractivity contribution in [3.8, 4) is 5.75 Å². The number of amides is 1. The fourth-order valence-corrected chi connectivity index (χ4v) is 2.14. The Morgan fingerprint density at radius 3 is 2.42 bits per heavy atom. The maximum Gasteiger partial charge on any atom is 0.259 e. The van der Waals surface area contributed by atoms with Gasteiger partial charge in [0.15, 0.2) is 0 Å². The van der Waals surface area contributed by atoms with Gasteiger partial charge in [0.1, 0.15) is 5.75 Å². The van der Waals surface area contributed by atoms with E-state index >= 15 is 0 Å². The number of nitrogens with zero attached hydrogens (tertiary/aromatic N) is 1. The number of carbonyl (C=O) groups excluding carboxylic acids is 1. The van der Waals surface area contributed by atoms with E-state index in [1.54, 1.807) is 0 Å². The van der Waals surface area contributed by atoms with Crippen molar-refractivity contribution in [3.05, 3.63) is 52.8 Å². The highest BCUT2D eigenvalue weighted by molar-refractivity contribution is 6.06. The van der Waals surface area contributed by atoms with Crippen molar-refractivity contribution < 1.29 is 9.90 Å². The standard InChI is InChI=1S/C15H16N2O2/c1-9-6-10(2)14(11(3)7-9)17-15(19)12-4-5-16-8-13(12)18/h4-8,18H,1-3H3,(H,17,19). The number of aromatic hydroxyl groups is 1. The summed E-state index contributed by atoms with van der Waals surface area (Å²) in [4.78, 5) is 15.9. The summed E-state index contributed by atoms with van der Waals surface area (Å²) in [7, 11) is 0. The number of carbonyl (C=O) groups is 1. The number of aryl methyl sites for hydroxylation is 3. The molecule has 1 aromatic carbocycles. The number of hydrogen-bond acceptors (Lipinski definition) is 3. The molecule has 1 amide bonds. The summed E-state index contributed by atoms with van der Waals surface area (Å²) < 4.78 is 0. The van der Waals surface area contributed by atoms with Gasteiger partial charge in [-0.1, -0.05) is 17.7 Å². The zero-order chi connectivity index (χ0) is 14.0. The number of pyridine rings is 1. The smallest absolute Gasteiger partial charge is 0.259 e. The minimum Gasteiger partial charge on any atom is -0.505 e. The lowest BCUT2D eigenvalue weighted by molar-refractivity contribution is 0.102. The first kappa shape index (κ1) is 13.1. The van der Waals surface area contributed by atoms with E-state index < -0.39 is 0 Å². The first-order chi connectivity index (χ1) is 8.99. The van der Waals surface area contributed by atoms with Gasteiger partial charge in [-0.3, -0.25) is 9.78 Å². The SMILES string of the molecule is Cc1cc(C)c(NC(=O)c2ccncc2O)c(C)c1. The van der Waals surface area contributed by atoms with E-state index in [4.69, 9.17) is 0 Å². The molecule has 0 atom stereocenters. The minimum atomic E-state index is -0.338. The van der Waals surface area contributed by atoms with Crippen LogP contribution in [0.4, 0.5) is 5.69 Å². The molecule has 0 spiro atoms. The first-order valence-corrected chi connectivity index (χ1v) is 6.01. The monoisotopic (exact) mass is 256 g/mol. The largest absolute Gasteiger partial charge is 0.505 e. The average molecular weight is 256 g/mol. The number of anilines is 1. The lowest BCUT2D eigenvalue weighted by Crippen LogP contribution is -2.14. The van der Waals surface area contributed by atoms with Crippen molar-refractivity contribution in [2.75, 3.05) is 5.32 Å². The predicted octanol–water partition coefficient (Wildman–Crippen LogP) is 2.96. The predicted molar refractivity (Wildman–Crippen MR) is 74.5 cm³/mol. The van der Waals surface area contributed by atoms with Crippen LogP contribution in [0.5, 0.6) is 5.75 Å². The molecule has 0 aliphatic carbocycles. The molecule has 0 saturated carbocycles. The third-order valence-corrected chi connectivity index (χ3v) is 2.96. The molecule has 2 aromatic rings. The molecule has 0 fully saturated rings. The third-order valence-electron chi connectivity index (χ3n) is 2.96. The lowest BCUT2D eigenvalue weighted by atomic mass is 10.0. The fourth-order valence-electron chi connectivity index (χ4n) is 2.14. The summed E-state index contributed by atoms with van der Waals surface area (Å²) in [6.45, 7) is 5.91. The van der Waals surface area contributed by atoms with Crippen LogP contribution in [0.1, 0.15) is 27.0 Å². The van der Waals surface area contributed by atoms with Crippen molar-refractivity contribution in [3.63, 3.8) is 0 Å². The Kier molecular flexibility index (Phi) is 3.51. The molecule has 0 radical (unpaired) electrons. The Hall–Kier alpha value is -2.36. The molecule has 0 saturated heterocycles. The summed E-state index contributed by atoms with van der Waals surface area (Å²) in [5, 5.41) is 12.5. The van der Waals surface area contributed by atoms with Gasteiger partial charge in [0, 0.05) is 11.9 Å². The van der Waals surface area contributed by atoms with Gasteiger partial charge in [0.2, 0.25) is 0 Å². The summed E-state index contributed by atoms with van der Waals surface area (Å²) in [6, 6.07) is 5.51. The number of nitrogens with one attached hydrogen (secondary N) is 1. The molecule has 2 N–H and O–H groups in total. The normalized spacial score (nSPS) is 10.3. The number of aromatic nitrogens is 1. The Morgan fingerprint density at radius 2 is 1.84 bits per heavy atom. The Balaban J connectivity index is 2.32. The van der Waals surface area contributed by atoms with E-state index in [1.165, 1.54) is 18.5 Å². The van der Waals surface area contributed by atoms with E-state index in [1.807, 2.05) is 32.9 Å². The summed E-state index contributed by atoms with van der Waals surface area (Å²) in [6.07, 6.45) is 2.73. The number of hydrogen-bond donors (Lipinski definition) is 2. The van der Waals surface area contributed by atoms with Gasteiger partial charge in [0.05, 0.1) is 11.8 Å².